The molecule has 0 saturated carbocycles. The van der Waals surface area contributed by atoms with Crippen LogP contribution in [-0.2, 0) is 0 Å². The van der Waals surface area contributed by atoms with Crippen LogP contribution in [0.5, 0.6) is 0 Å². The van der Waals surface area contributed by atoms with Crippen LogP contribution >= 0.6 is 15.9 Å². The molecule has 0 saturated heterocycles. The van der Waals surface area contributed by atoms with E-state index < -0.39 is 0 Å². The topological polar surface area (TPSA) is 29.3 Å². The maximum Gasteiger partial charge on any atom is 0.146 e. The first-order valence-electron chi connectivity index (χ1n) is 6.74. The number of nitrogens with zero attached hydrogens (tertiary/aromatic N) is 1. The molecule has 21 heavy (non-hydrogen) atoms. The van der Waals surface area contributed by atoms with E-state index in [1.807, 2.05) is 11.8 Å². The van der Waals surface area contributed by atoms with Gasteiger partial charge in [-0.2, -0.15) is 0 Å². The summed E-state index contributed by atoms with van der Waals surface area (Å²) in [4.78, 5) is 1.85. The molecule has 2 nitrogen and oxygen atoms in total. The first kappa shape index (κ1) is 15.9. The summed E-state index contributed by atoms with van der Waals surface area (Å²) in [5, 5.41) is 0. The highest BCUT2D eigenvalue weighted by Gasteiger charge is 2.21. The second kappa shape index (κ2) is 7.00. The molecule has 2 rings (SSSR count). The number of rotatable bonds is 5. The summed E-state index contributed by atoms with van der Waals surface area (Å²) in [5.74, 6) is -0.661. The van der Waals surface area contributed by atoms with Gasteiger partial charge in [-0.05, 0) is 52.7 Å². The van der Waals surface area contributed by atoms with Gasteiger partial charge in [0.2, 0.25) is 0 Å². The summed E-state index contributed by atoms with van der Waals surface area (Å²) >= 11 is 3.13. The van der Waals surface area contributed by atoms with Crippen molar-refractivity contribution in [2.45, 2.75) is 13.0 Å². The molecule has 0 aliphatic carbocycles. The number of nitrogens with two attached hydrogens (primary N) is 1. The average Bonchev–Trinajstić information content (AvgIpc) is 2.49. The van der Waals surface area contributed by atoms with E-state index in [-0.39, 0.29) is 24.2 Å². The number of para-hydroxylation sites is 1. The highest BCUT2D eigenvalue weighted by atomic mass is 79.9. The number of anilines is 1. The van der Waals surface area contributed by atoms with Crippen molar-refractivity contribution in [3.05, 3.63) is 64.1 Å². The van der Waals surface area contributed by atoms with Crippen LogP contribution in [-0.4, -0.2) is 13.1 Å². The zero-order valence-corrected chi connectivity index (χ0v) is 13.3. The lowest BCUT2D eigenvalue weighted by Gasteiger charge is -2.32. The number of likely N-dealkylation sites (N-methyl/N-ethyl adjacent to an activating group) is 1. The van der Waals surface area contributed by atoms with E-state index in [0.29, 0.717) is 16.7 Å². The third kappa shape index (κ3) is 3.41. The smallest absolute Gasteiger partial charge is 0.146 e. The van der Waals surface area contributed by atoms with Gasteiger partial charge in [-0.25, -0.2) is 8.78 Å². The van der Waals surface area contributed by atoms with E-state index in [1.54, 1.807) is 30.3 Å². The van der Waals surface area contributed by atoms with Gasteiger partial charge in [-0.3, -0.25) is 0 Å². The molecule has 2 aromatic carbocycles. The molecule has 0 fully saturated rings. The summed E-state index contributed by atoms with van der Waals surface area (Å²) in [5.41, 5.74) is 7.05. The van der Waals surface area contributed by atoms with Crippen LogP contribution < -0.4 is 10.6 Å². The summed E-state index contributed by atoms with van der Waals surface area (Å²) in [6.45, 7) is 2.76. The van der Waals surface area contributed by atoms with Crippen molar-refractivity contribution in [3.8, 4) is 0 Å². The Hall–Kier alpha value is -1.46. The monoisotopic (exact) mass is 354 g/mol. The molecular weight excluding hydrogens is 338 g/mol. The molecule has 0 aromatic heterocycles. The van der Waals surface area contributed by atoms with Gasteiger partial charge >= 0.3 is 0 Å². The van der Waals surface area contributed by atoms with E-state index >= 15 is 0 Å². The summed E-state index contributed by atoms with van der Waals surface area (Å²) in [6.07, 6.45) is 0. The normalized spacial score (nSPS) is 12.2. The van der Waals surface area contributed by atoms with E-state index in [0.717, 1.165) is 5.56 Å². The van der Waals surface area contributed by atoms with Crippen molar-refractivity contribution >= 4 is 21.6 Å². The molecule has 112 valence electrons. The highest BCUT2D eigenvalue weighted by Crippen LogP contribution is 2.30. The Bertz CT molecular complexity index is 619. The zero-order valence-electron chi connectivity index (χ0n) is 11.7. The van der Waals surface area contributed by atoms with Gasteiger partial charge in [-0.1, -0.05) is 18.2 Å². The van der Waals surface area contributed by atoms with Gasteiger partial charge in [0.25, 0.3) is 0 Å². The van der Waals surface area contributed by atoms with E-state index in [2.05, 4.69) is 15.9 Å². The molecule has 0 heterocycles. The van der Waals surface area contributed by atoms with Crippen LogP contribution in [0, 0.1) is 11.6 Å². The Labute approximate surface area is 131 Å². The number of hydrogen-bond acceptors (Lipinski definition) is 2. The van der Waals surface area contributed by atoms with Crippen LogP contribution in [0.25, 0.3) is 0 Å². The Balaban J connectivity index is 2.42. The maximum atomic E-state index is 14.0. The molecule has 0 aliphatic rings. The average molecular weight is 355 g/mol. The number of halogens is 3. The van der Waals surface area contributed by atoms with E-state index in [1.165, 1.54) is 12.1 Å². The number of benzene rings is 2. The molecule has 0 bridgehead atoms. The molecule has 0 aliphatic heterocycles. The zero-order chi connectivity index (χ0) is 15.4. The minimum absolute atomic E-state index is 0.267. The minimum Gasteiger partial charge on any atom is -0.361 e. The standard InChI is InChI=1S/C16H17BrF2N2/c1-2-21(15-6-4-3-5-13(15)18)16(10-20)11-7-8-12(17)14(19)9-11/h3-9,16H,2,10,20H2,1H3. The second-order valence-electron chi connectivity index (χ2n) is 4.66. The highest BCUT2D eigenvalue weighted by molar-refractivity contribution is 9.10. The van der Waals surface area contributed by atoms with Gasteiger partial charge in [0.05, 0.1) is 16.2 Å². The van der Waals surface area contributed by atoms with Crippen molar-refractivity contribution < 1.29 is 8.78 Å². The molecule has 2 N–H and O–H groups in total. The third-order valence-electron chi connectivity index (χ3n) is 3.43. The Morgan fingerprint density at radius 1 is 1.14 bits per heavy atom. The molecule has 1 unspecified atom stereocenters. The maximum absolute atomic E-state index is 14.0. The van der Waals surface area contributed by atoms with Crippen molar-refractivity contribution in [2.75, 3.05) is 18.0 Å². The van der Waals surface area contributed by atoms with Crippen LogP contribution in [0.15, 0.2) is 46.9 Å². The third-order valence-corrected chi connectivity index (χ3v) is 4.07. The molecular formula is C16H17BrF2N2. The van der Waals surface area contributed by atoms with Gasteiger partial charge in [0, 0.05) is 13.1 Å². The summed E-state index contributed by atoms with van der Waals surface area (Å²) in [7, 11) is 0. The van der Waals surface area contributed by atoms with Crippen molar-refractivity contribution in [1.82, 2.24) is 0 Å². The molecule has 0 spiro atoms. The molecule has 5 heteroatoms. The number of hydrogen-bond donors (Lipinski definition) is 1. The van der Waals surface area contributed by atoms with Gasteiger partial charge in [0.1, 0.15) is 11.6 Å². The van der Waals surface area contributed by atoms with Gasteiger partial charge in [-0.15, -0.1) is 0 Å². The van der Waals surface area contributed by atoms with E-state index in [9.17, 15) is 8.78 Å². The Morgan fingerprint density at radius 2 is 1.86 bits per heavy atom. The molecule has 2 aromatic rings. The molecule has 1 atom stereocenters. The molecule has 0 radical (unpaired) electrons. The SMILES string of the molecule is CCN(c1ccccc1F)C(CN)c1ccc(Br)c(F)c1. The van der Waals surface area contributed by atoms with E-state index in [4.69, 9.17) is 5.73 Å². The van der Waals surface area contributed by atoms with Crippen LogP contribution in [0.4, 0.5) is 14.5 Å². The fourth-order valence-corrected chi connectivity index (χ4v) is 2.65. The van der Waals surface area contributed by atoms with Gasteiger partial charge in [0.15, 0.2) is 0 Å². The van der Waals surface area contributed by atoms with Crippen LogP contribution in [0.1, 0.15) is 18.5 Å². The fourth-order valence-electron chi connectivity index (χ4n) is 2.41. The Morgan fingerprint density at radius 3 is 2.43 bits per heavy atom. The minimum atomic E-state index is -0.351. The predicted octanol–water partition coefficient (Wildman–Crippen LogP) is 4.25. The van der Waals surface area contributed by atoms with Crippen molar-refractivity contribution in [3.63, 3.8) is 0 Å². The summed E-state index contributed by atoms with van der Waals surface area (Å²) < 4.78 is 28.2. The lowest BCUT2D eigenvalue weighted by atomic mass is 10.0. The van der Waals surface area contributed by atoms with Crippen molar-refractivity contribution in [1.29, 1.82) is 0 Å². The lowest BCUT2D eigenvalue weighted by molar-refractivity contribution is 0.581. The first-order valence-corrected chi connectivity index (χ1v) is 7.54. The largest absolute Gasteiger partial charge is 0.361 e. The fraction of sp³-hybridized carbons (Fsp3) is 0.250. The quantitative estimate of drug-likeness (QED) is 0.869. The van der Waals surface area contributed by atoms with Crippen LogP contribution in [0.2, 0.25) is 0 Å². The Kier molecular flexibility index (Phi) is 5.31. The van der Waals surface area contributed by atoms with Crippen molar-refractivity contribution in [2.24, 2.45) is 5.73 Å². The summed E-state index contributed by atoms with van der Waals surface area (Å²) in [6, 6.07) is 11.1. The second-order valence-corrected chi connectivity index (χ2v) is 5.52. The van der Waals surface area contributed by atoms with Gasteiger partial charge < -0.3 is 10.6 Å². The molecule has 0 amide bonds. The van der Waals surface area contributed by atoms with Crippen LogP contribution in [0.3, 0.4) is 0 Å². The first-order chi connectivity index (χ1) is 10.1. The lowest BCUT2D eigenvalue weighted by Crippen LogP contribution is -2.34. The predicted molar refractivity (Wildman–Crippen MR) is 85.3 cm³/mol.